The van der Waals surface area contributed by atoms with Crippen LogP contribution in [0.3, 0.4) is 0 Å². The number of nitrogens with zero attached hydrogens (tertiary/aromatic N) is 2. The van der Waals surface area contributed by atoms with Gasteiger partial charge >= 0.3 is 12.1 Å². The summed E-state index contributed by atoms with van der Waals surface area (Å²) in [5.74, 6) is -0.198. The Bertz CT molecular complexity index is 685. The standard InChI is InChI=1S/C21H30N2O4/c1-5-26-18(24)21-11-12-22(13-16-9-7-6-8-10-16)17(21)14-23(15-21)19(25)27-20(2,3)4/h6-10,17H,5,11-15H2,1-4H3/t17-,21+/m1/s1. The molecular formula is C21H30N2O4. The van der Waals surface area contributed by atoms with Gasteiger partial charge in [0.1, 0.15) is 11.0 Å². The van der Waals surface area contributed by atoms with Gasteiger partial charge in [-0.25, -0.2) is 4.79 Å². The van der Waals surface area contributed by atoms with Gasteiger partial charge in [0.2, 0.25) is 0 Å². The van der Waals surface area contributed by atoms with Crippen molar-refractivity contribution in [1.29, 1.82) is 0 Å². The Hall–Kier alpha value is -2.08. The topological polar surface area (TPSA) is 59.1 Å². The van der Waals surface area contributed by atoms with Crippen LogP contribution < -0.4 is 0 Å². The number of benzene rings is 1. The monoisotopic (exact) mass is 374 g/mol. The summed E-state index contributed by atoms with van der Waals surface area (Å²) in [6.45, 7) is 10.1. The number of fused-ring (bicyclic) bond motifs is 1. The molecule has 0 spiro atoms. The van der Waals surface area contributed by atoms with E-state index in [9.17, 15) is 9.59 Å². The summed E-state index contributed by atoms with van der Waals surface area (Å²) in [6, 6.07) is 10.2. The number of likely N-dealkylation sites (tertiary alicyclic amines) is 2. The molecule has 2 fully saturated rings. The minimum atomic E-state index is -0.665. The number of amides is 1. The van der Waals surface area contributed by atoms with E-state index < -0.39 is 11.0 Å². The molecule has 2 aliphatic rings. The number of ether oxygens (including phenoxy) is 2. The molecular weight excluding hydrogens is 344 g/mol. The van der Waals surface area contributed by atoms with Gasteiger partial charge in [0.05, 0.1) is 6.61 Å². The summed E-state index contributed by atoms with van der Waals surface area (Å²) in [5, 5.41) is 0. The fraction of sp³-hybridized carbons (Fsp3) is 0.619. The molecule has 2 atom stereocenters. The number of rotatable bonds is 4. The summed E-state index contributed by atoms with van der Waals surface area (Å²) in [5.41, 5.74) is -0.0232. The fourth-order valence-electron chi connectivity index (χ4n) is 4.15. The average Bonchev–Trinajstić information content (AvgIpc) is 3.13. The van der Waals surface area contributed by atoms with Crippen LogP contribution in [0.5, 0.6) is 0 Å². The van der Waals surface area contributed by atoms with Crippen LogP contribution in [0.4, 0.5) is 4.79 Å². The van der Waals surface area contributed by atoms with Crippen LogP contribution in [-0.2, 0) is 20.8 Å². The highest BCUT2D eigenvalue weighted by atomic mass is 16.6. The van der Waals surface area contributed by atoms with Gasteiger partial charge in [0.25, 0.3) is 0 Å². The minimum Gasteiger partial charge on any atom is -0.465 e. The lowest BCUT2D eigenvalue weighted by molar-refractivity contribution is -0.155. The zero-order valence-electron chi connectivity index (χ0n) is 16.7. The van der Waals surface area contributed by atoms with Crippen molar-refractivity contribution in [3.63, 3.8) is 0 Å². The van der Waals surface area contributed by atoms with Gasteiger partial charge in [0.15, 0.2) is 0 Å². The van der Waals surface area contributed by atoms with Gasteiger partial charge < -0.3 is 14.4 Å². The van der Waals surface area contributed by atoms with Gasteiger partial charge in [-0.05, 0) is 39.7 Å². The largest absolute Gasteiger partial charge is 0.465 e. The summed E-state index contributed by atoms with van der Waals surface area (Å²) in [4.78, 5) is 29.5. The van der Waals surface area contributed by atoms with Crippen molar-refractivity contribution in [3.8, 4) is 0 Å². The van der Waals surface area contributed by atoms with E-state index in [1.807, 2.05) is 45.9 Å². The van der Waals surface area contributed by atoms with E-state index in [1.54, 1.807) is 4.90 Å². The Morgan fingerprint density at radius 1 is 1.22 bits per heavy atom. The predicted molar refractivity (Wildman–Crippen MR) is 102 cm³/mol. The molecule has 3 rings (SSSR count). The van der Waals surface area contributed by atoms with Gasteiger partial charge in [-0.1, -0.05) is 30.3 Å². The molecule has 0 aromatic heterocycles. The molecule has 0 N–H and O–H groups in total. The first kappa shape index (κ1) is 19.7. The molecule has 27 heavy (non-hydrogen) atoms. The molecule has 1 aromatic carbocycles. The lowest BCUT2D eigenvalue weighted by atomic mass is 9.83. The van der Waals surface area contributed by atoms with Crippen LogP contribution in [0.15, 0.2) is 30.3 Å². The van der Waals surface area contributed by atoms with E-state index in [-0.39, 0.29) is 18.1 Å². The first-order valence-corrected chi connectivity index (χ1v) is 9.68. The van der Waals surface area contributed by atoms with Gasteiger partial charge in [-0.2, -0.15) is 0 Å². The second kappa shape index (κ2) is 7.50. The van der Waals surface area contributed by atoms with E-state index in [2.05, 4.69) is 17.0 Å². The number of carbonyl (C=O) groups excluding carboxylic acids is 2. The Morgan fingerprint density at radius 2 is 1.93 bits per heavy atom. The fourth-order valence-corrected chi connectivity index (χ4v) is 4.15. The Labute approximate surface area is 161 Å². The van der Waals surface area contributed by atoms with Crippen molar-refractivity contribution in [3.05, 3.63) is 35.9 Å². The van der Waals surface area contributed by atoms with Gasteiger partial charge in [0, 0.05) is 32.2 Å². The summed E-state index contributed by atoms with van der Waals surface area (Å²) >= 11 is 0. The van der Waals surface area contributed by atoms with Gasteiger partial charge in [-0.3, -0.25) is 9.69 Å². The molecule has 6 heteroatoms. The summed E-state index contributed by atoms with van der Waals surface area (Å²) < 4.78 is 11.0. The summed E-state index contributed by atoms with van der Waals surface area (Å²) in [7, 11) is 0. The third-order valence-corrected chi connectivity index (χ3v) is 5.35. The van der Waals surface area contributed by atoms with Crippen molar-refractivity contribution < 1.29 is 19.1 Å². The molecule has 0 saturated carbocycles. The lowest BCUT2D eigenvalue weighted by Crippen LogP contribution is -2.44. The van der Waals surface area contributed by atoms with E-state index in [0.29, 0.717) is 26.1 Å². The van der Waals surface area contributed by atoms with E-state index in [1.165, 1.54) is 5.56 Å². The second-order valence-electron chi connectivity index (χ2n) is 8.46. The third kappa shape index (κ3) is 4.10. The highest BCUT2D eigenvalue weighted by Gasteiger charge is 2.60. The molecule has 1 amide bonds. The smallest absolute Gasteiger partial charge is 0.410 e. The molecule has 2 heterocycles. The van der Waals surface area contributed by atoms with Gasteiger partial charge in [-0.15, -0.1) is 0 Å². The SMILES string of the molecule is CCOC(=O)[C@]12CCN(Cc3ccccc3)[C@@H]1CN(C(=O)OC(C)(C)C)C2. The maximum absolute atomic E-state index is 12.9. The third-order valence-electron chi connectivity index (χ3n) is 5.35. The van der Waals surface area contributed by atoms with E-state index in [4.69, 9.17) is 9.47 Å². The normalized spacial score (nSPS) is 25.3. The first-order chi connectivity index (χ1) is 12.7. The zero-order valence-corrected chi connectivity index (χ0v) is 16.7. The molecule has 0 unspecified atom stereocenters. The van der Waals surface area contributed by atoms with Crippen LogP contribution in [0.2, 0.25) is 0 Å². The molecule has 148 valence electrons. The molecule has 0 bridgehead atoms. The number of hydrogen-bond donors (Lipinski definition) is 0. The number of esters is 1. The molecule has 2 aliphatic heterocycles. The predicted octanol–water partition coefficient (Wildman–Crippen LogP) is 3.06. The molecule has 2 saturated heterocycles. The molecule has 6 nitrogen and oxygen atoms in total. The van der Waals surface area contributed by atoms with E-state index in [0.717, 1.165) is 13.1 Å². The highest BCUT2D eigenvalue weighted by Crippen LogP contribution is 2.45. The average molecular weight is 374 g/mol. The highest BCUT2D eigenvalue weighted by molar-refractivity contribution is 5.81. The van der Waals surface area contributed by atoms with Crippen molar-refractivity contribution in [2.75, 3.05) is 26.2 Å². The molecule has 0 radical (unpaired) electrons. The minimum absolute atomic E-state index is 0.0516. The van der Waals surface area contributed by atoms with Crippen LogP contribution in [0, 0.1) is 5.41 Å². The Morgan fingerprint density at radius 3 is 2.56 bits per heavy atom. The van der Waals surface area contributed by atoms with Crippen LogP contribution in [-0.4, -0.2) is 59.7 Å². The lowest BCUT2D eigenvalue weighted by Gasteiger charge is -2.28. The van der Waals surface area contributed by atoms with E-state index >= 15 is 0 Å². The second-order valence-corrected chi connectivity index (χ2v) is 8.46. The quantitative estimate of drug-likeness (QED) is 0.758. The van der Waals surface area contributed by atoms with Crippen molar-refractivity contribution in [2.24, 2.45) is 5.41 Å². The van der Waals surface area contributed by atoms with Crippen LogP contribution >= 0.6 is 0 Å². The summed E-state index contributed by atoms with van der Waals surface area (Å²) in [6.07, 6.45) is 0.336. The number of hydrogen-bond acceptors (Lipinski definition) is 5. The van der Waals surface area contributed by atoms with Crippen molar-refractivity contribution >= 4 is 12.1 Å². The zero-order chi connectivity index (χ0) is 19.7. The van der Waals surface area contributed by atoms with Crippen LogP contribution in [0.1, 0.15) is 39.7 Å². The maximum Gasteiger partial charge on any atom is 0.410 e. The Kier molecular flexibility index (Phi) is 5.47. The first-order valence-electron chi connectivity index (χ1n) is 9.68. The Balaban J connectivity index is 1.81. The van der Waals surface area contributed by atoms with Crippen molar-refractivity contribution in [2.45, 2.75) is 52.3 Å². The van der Waals surface area contributed by atoms with Crippen molar-refractivity contribution in [1.82, 2.24) is 9.80 Å². The maximum atomic E-state index is 12.9. The molecule has 1 aromatic rings. The number of carbonyl (C=O) groups is 2. The molecule has 0 aliphatic carbocycles. The van der Waals surface area contributed by atoms with Crippen LogP contribution in [0.25, 0.3) is 0 Å².